The van der Waals surface area contributed by atoms with Crippen LogP contribution in [0.25, 0.3) is 21.8 Å². The summed E-state index contributed by atoms with van der Waals surface area (Å²) in [6.45, 7) is 1.69. The van der Waals surface area contributed by atoms with Crippen molar-refractivity contribution in [3.8, 4) is 0 Å². The number of fused-ring (bicyclic) bond motifs is 3. The number of hydrogen-bond donors (Lipinski definition) is 0. The average molecular weight is 265 g/mol. The van der Waals surface area contributed by atoms with Crippen molar-refractivity contribution >= 4 is 34.3 Å². The molecular weight excluding hydrogens is 253 g/mol. The van der Waals surface area contributed by atoms with Gasteiger partial charge in [-0.15, -0.1) is 0 Å². The number of benzene rings is 2. The fraction of sp³-hybridized carbons (Fsp3) is 0.143. The molecule has 1 aromatic heterocycles. The van der Waals surface area contributed by atoms with E-state index < -0.39 is 6.98 Å². The van der Waals surface area contributed by atoms with E-state index in [1.54, 1.807) is 6.07 Å². The van der Waals surface area contributed by atoms with Gasteiger partial charge in [-0.1, -0.05) is 40.5 Å². The zero-order valence-electron chi connectivity index (χ0n) is 11.0. The molecule has 1 heterocycles. The lowest BCUT2D eigenvalue weighted by atomic mass is 9.71. The Bertz CT molecular complexity index is 805. The fourth-order valence-electron chi connectivity index (χ4n) is 2.71. The summed E-state index contributed by atoms with van der Waals surface area (Å²) in [5, 5.41) is 7.77. The second-order valence-electron chi connectivity index (χ2n) is 4.62. The van der Waals surface area contributed by atoms with Gasteiger partial charge in [0, 0.05) is 28.4 Å². The molecule has 0 saturated carbocycles. The minimum Gasteiger partial charge on any atom is -0.341 e. The molecule has 0 N–H and O–H groups in total. The van der Waals surface area contributed by atoms with Crippen LogP contribution in [0.2, 0.25) is 0 Å². The van der Waals surface area contributed by atoms with Crippen molar-refractivity contribution in [2.45, 2.75) is 13.5 Å². The topological polar surface area (TPSA) is 63.8 Å². The van der Waals surface area contributed by atoms with Gasteiger partial charge in [-0.05, 0) is 24.5 Å². The van der Waals surface area contributed by atoms with Crippen LogP contribution >= 0.6 is 0 Å². The Hall–Kier alpha value is -2.50. The van der Waals surface area contributed by atoms with Gasteiger partial charge in [0.25, 0.3) is 0 Å². The van der Waals surface area contributed by atoms with Crippen LogP contribution in [0.3, 0.4) is 0 Å². The lowest BCUT2D eigenvalue weighted by Gasteiger charge is -2.04. The highest BCUT2D eigenvalue weighted by molar-refractivity contribution is 6.70. The van der Waals surface area contributed by atoms with Crippen molar-refractivity contribution < 1.29 is 0 Å². The molecule has 20 heavy (non-hydrogen) atoms. The molecule has 0 spiro atoms. The van der Waals surface area contributed by atoms with Crippen LogP contribution in [-0.4, -0.2) is 11.5 Å². The van der Waals surface area contributed by atoms with Crippen molar-refractivity contribution in [1.29, 1.82) is 0 Å². The highest BCUT2D eigenvalue weighted by atomic mass is 16.3. The number of nitroso groups, excluding NO2 is 2. The summed E-state index contributed by atoms with van der Waals surface area (Å²) in [6.07, 6.45) is 0. The molecule has 5 nitrogen and oxygen atoms in total. The second-order valence-corrected chi connectivity index (χ2v) is 4.62. The average Bonchev–Trinajstić information content (AvgIpc) is 2.81. The molecular formula is C14H12BN3O2. The molecule has 0 amide bonds. The number of nitrogens with zero attached hydrogens (tertiary/aromatic N) is 3. The molecule has 98 valence electrons. The summed E-state index contributed by atoms with van der Waals surface area (Å²) < 4.78 is 2.15. The number of para-hydroxylation sites is 1. The number of aromatic nitrogens is 1. The van der Waals surface area contributed by atoms with E-state index >= 15 is 0 Å². The first-order chi connectivity index (χ1) is 9.80. The minimum absolute atomic E-state index is 0.528. The Balaban J connectivity index is 2.36. The third kappa shape index (κ3) is 1.72. The van der Waals surface area contributed by atoms with Crippen molar-refractivity contribution in [2.75, 3.05) is 0 Å². The monoisotopic (exact) mass is 265 g/mol. The first-order valence-electron chi connectivity index (χ1n) is 6.46. The standard InChI is InChI=1S/C14H12BN3O2/c1-2-18-13-6-4-3-5-11(13)12-8-7-10(9-14(12)18)15(16-19)17-20/h3-9H,2H2,1H3. The molecule has 0 aliphatic rings. The van der Waals surface area contributed by atoms with Crippen molar-refractivity contribution in [3.63, 3.8) is 0 Å². The van der Waals surface area contributed by atoms with E-state index in [9.17, 15) is 9.81 Å². The van der Waals surface area contributed by atoms with E-state index in [0.29, 0.717) is 5.46 Å². The molecule has 2 aromatic carbocycles. The summed E-state index contributed by atoms with van der Waals surface area (Å²) in [6, 6.07) is 13.6. The lowest BCUT2D eigenvalue weighted by molar-refractivity contribution is 0.827. The Morgan fingerprint density at radius 3 is 2.40 bits per heavy atom. The maximum absolute atomic E-state index is 10.6. The molecule has 0 fully saturated rings. The Morgan fingerprint density at radius 1 is 1.00 bits per heavy atom. The number of hydrogen-bond acceptors (Lipinski definition) is 4. The summed E-state index contributed by atoms with van der Waals surface area (Å²) >= 11 is 0. The van der Waals surface area contributed by atoms with Gasteiger partial charge in [0.05, 0.1) is 0 Å². The van der Waals surface area contributed by atoms with Crippen molar-refractivity contribution in [3.05, 3.63) is 52.3 Å². The van der Waals surface area contributed by atoms with Gasteiger partial charge in [0.15, 0.2) is 0 Å². The largest absolute Gasteiger partial charge is 0.548 e. The quantitative estimate of drug-likeness (QED) is 0.537. The predicted octanol–water partition coefficient (Wildman–Crippen LogP) is 3.04. The normalized spacial score (nSPS) is 10.8. The summed E-state index contributed by atoms with van der Waals surface area (Å²) in [5.74, 6) is 0. The van der Waals surface area contributed by atoms with E-state index in [2.05, 4.69) is 33.8 Å². The predicted molar refractivity (Wildman–Crippen MR) is 82.1 cm³/mol. The lowest BCUT2D eigenvalue weighted by Crippen LogP contribution is -2.25. The molecule has 0 aliphatic carbocycles. The first kappa shape index (κ1) is 12.5. The van der Waals surface area contributed by atoms with Crippen LogP contribution in [0.15, 0.2) is 52.6 Å². The van der Waals surface area contributed by atoms with Crippen LogP contribution in [-0.2, 0) is 6.54 Å². The molecule has 0 bridgehead atoms. The van der Waals surface area contributed by atoms with Crippen molar-refractivity contribution in [1.82, 2.24) is 4.57 Å². The highest BCUT2D eigenvalue weighted by Crippen LogP contribution is 2.28. The van der Waals surface area contributed by atoms with E-state index in [1.807, 2.05) is 24.3 Å². The van der Waals surface area contributed by atoms with Crippen LogP contribution in [0.5, 0.6) is 0 Å². The van der Waals surface area contributed by atoms with Crippen molar-refractivity contribution in [2.24, 2.45) is 10.2 Å². The molecule has 0 unspecified atom stereocenters. The zero-order chi connectivity index (χ0) is 14.1. The van der Waals surface area contributed by atoms with Crippen LogP contribution in [0, 0.1) is 9.81 Å². The Morgan fingerprint density at radius 2 is 1.70 bits per heavy atom. The first-order valence-corrected chi connectivity index (χ1v) is 6.46. The second kappa shape index (κ2) is 4.88. The molecule has 0 atom stereocenters. The molecule has 0 radical (unpaired) electrons. The Labute approximate surface area is 115 Å². The third-order valence-corrected chi connectivity index (χ3v) is 3.61. The van der Waals surface area contributed by atoms with Gasteiger partial charge in [-0.25, -0.2) is 0 Å². The van der Waals surface area contributed by atoms with Gasteiger partial charge in [0.1, 0.15) is 0 Å². The molecule has 0 aliphatic heterocycles. The maximum Gasteiger partial charge on any atom is 0.548 e. The third-order valence-electron chi connectivity index (χ3n) is 3.61. The Kier molecular flexibility index (Phi) is 3.06. The van der Waals surface area contributed by atoms with Gasteiger partial charge < -0.3 is 4.57 Å². The minimum atomic E-state index is -1.18. The van der Waals surface area contributed by atoms with E-state index in [-0.39, 0.29) is 0 Å². The van der Waals surface area contributed by atoms with Gasteiger partial charge in [0.2, 0.25) is 0 Å². The number of aryl methyl sites for hydroxylation is 1. The van der Waals surface area contributed by atoms with Crippen LogP contribution in [0.1, 0.15) is 6.92 Å². The van der Waals surface area contributed by atoms with Gasteiger partial charge in [-0.3, -0.25) is 0 Å². The van der Waals surface area contributed by atoms with E-state index in [0.717, 1.165) is 28.4 Å². The SMILES string of the molecule is CCn1c2ccccc2c2ccc(B(N=O)N=O)cc21. The summed E-state index contributed by atoms with van der Waals surface area (Å²) in [7, 11) is 0. The molecule has 3 aromatic rings. The maximum atomic E-state index is 10.6. The van der Waals surface area contributed by atoms with E-state index in [4.69, 9.17) is 0 Å². The van der Waals surface area contributed by atoms with E-state index in [1.165, 1.54) is 0 Å². The van der Waals surface area contributed by atoms with Crippen LogP contribution < -0.4 is 5.46 Å². The number of rotatable bonds is 4. The van der Waals surface area contributed by atoms with Crippen LogP contribution in [0.4, 0.5) is 0 Å². The zero-order valence-corrected chi connectivity index (χ0v) is 11.0. The van der Waals surface area contributed by atoms with Gasteiger partial charge >= 0.3 is 6.98 Å². The highest BCUT2D eigenvalue weighted by Gasteiger charge is 2.22. The smallest absolute Gasteiger partial charge is 0.341 e. The molecule has 3 rings (SSSR count). The van der Waals surface area contributed by atoms with Gasteiger partial charge in [-0.2, -0.15) is 9.81 Å². The molecule has 6 heteroatoms. The fourth-order valence-corrected chi connectivity index (χ4v) is 2.71. The summed E-state index contributed by atoms with van der Waals surface area (Å²) in [5.41, 5.74) is 2.65. The summed E-state index contributed by atoms with van der Waals surface area (Å²) in [4.78, 5) is 21.3. The molecule has 0 saturated heterocycles.